The molecule has 2 saturated heterocycles. The van der Waals surface area contributed by atoms with Crippen LogP contribution < -0.4 is 0 Å². The van der Waals surface area contributed by atoms with Gasteiger partial charge in [-0.15, -0.1) is 5.06 Å². The average Bonchev–Trinajstić information content (AvgIpc) is 3.13. The molecule has 0 atom stereocenters. The van der Waals surface area contributed by atoms with Crippen LogP contribution in [0.1, 0.15) is 25.7 Å². The van der Waals surface area contributed by atoms with E-state index in [9.17, 15) is 4.79 Å². The van der Waals surface area contributed by atoms with E-state index in [1.165, 1.54) is 17.9 Å². The Labute approximate surface area is 106 Å². The fraction of sp³-hybridized carbons (Fsp3) is 0.917. The van der Waals surface area contributed by atoms with E-state index in [1.807, 2.05) is 0 Å². The molecule has 2 heterocycles. The quantitative estimate of drug-likeness (QED) is 0.793. The normalized spacial score (nSPS) is 29.3. The zero-order valence-electron chi connectivity index (χ0n) is 10.5. The van der Waals surface area contributed by atoms with E-state index in [-0.39, 0.29) is 5.60 Å². The van der Waals surface area contributed by atoms with Crippen molar-refractivity contribution in [3.05, 3.63) is 0 Å². The van der Waals surface area contributed by atoms with E-state index in [1.54, 1.807) is 0 Å². The van der Waals surface area contributed by atoms with Crippen LogP contribution in [-0.2, 0) is 9.57 Å². The fourth-order valence-corrected chi connectivity index (χ4v) is 3.04. The summed E-state index contributed by atoms with van der Waals surface area (Å²) in [5.74, 6) is 0. The summed E-state index contributed by atoms with van der Waals surface area (Å²) in [7, 11) is 0. The Bertz CT molecular complexity index is 324. The van der Waals surface area contributed by atoms with Crippen LogP contribution >= 0.6 is 0 Å². The van der Waals surface area contributed by atoms with Gasteiger partial charge in [0.15, 0.2) is 0 Å². The number of carboxylic acid groups (broad SMARTS) is 1. The minimum Gasteiger partial charge on any atom is -0.448 e. The van der Waals surface area contributed by atoms with Gasteiger partial charge in [-0.25, -0.2) is 4.79 Å². The molecule has 0 aromatic heterocycles. The lowest BCUT2D eigenvalue weighted by atomic mass is 9.90. The Morgan fingerprint density at radius 1 is 1.28 bits per heavy atom. The van der Waals surface area contributed by atoms with Gasteiger partial charge in [0.1, 0.15) is 0 Å². The van der Waals surface area contributed by atoms with Gasteiger partial charge in [0.05, 0.1) is 25.3 Å². The standard InChI is InChI=1S/C12H20N2O4/c15-11(16)18-14-7-8-17-12(9-14)3-5-13(6-4-12)10-1-2-10/h10H,1-9H2,(H,15,16). The van der Waals surface area contributed by atoms with Crippen molar-refractivity contribution in [3.63, 3.8) is 0 Å². The van der Waals surface area contributed by atoms with Crippen LogP contribution in [0, 0.1) is 0 Å². The molecule has 0 unspecified atom stereocenters. The number of carbonyl (C=O) groups is 1. The van der Waals surface area contributed by atoms with Crippen molar-refractivity contribution >= 4 is 6.16 Å². The molecule has 0 aromatic carbocycles. The van der Waals surface area contributed by atoms with Crippen LogP contribution in [0.2, 0.25) is 0 Å². The second-order valence-corrected chi connectivity index (χ2v) is 5.52. The smallest absolute Gasteiger partial charge is 0.448 e. The first-order chi connectivity index (χ1) is 8.67. The second kappa shape index (κ2) is 4.68. The number of hydrogen-bond donors (Lipinski definition) is 1. The number of hydroxylamine groups is 2. The molecule has 0 aromatic rings. The minimum absolute atomic E-state index is 0.195. The van der Waals surface area contributed by atoms with Gasteiger partial charge in [-0.2, -0.15) is 0 Å². The van der Waals surface area contributed by atoms with Crippen LogP contribution in [0.5, 0.6) is 0 Å². The lowest BCUT2D eigenvalue weighted by Crippen LogP contribution is -2.57. The van der Waals surface area contributed by atoms with Crippen LogP contribution in [0.25, 0.3) is 0 Å². The first kappa shape index (κ1) is 12.2. The number of nitrogens with zero attached hydrogens (tertiary/aromatic N) is 2. The Hall–Kier alpha value is -0.850. The van der Waals surface area contributed by atoms with E-state index in [0.29, 0.717) is 19.7 Å². The largest absolute Gasteiger partial charge is 0.525 e. The van der Waals surface area contributed by atoms with Crippen molar-refractivity contribution in [2.24, 2.45) is 0 Å². The summed E-state index contributed by atoms with van der Waals surface area (Å²) in [4.78, 5) is 17.9. The molecule has 6 heteroatoms. The number of rotatable bonds is 2. The van der Waals surface area contributed by atoms with E-state index < -0.39 is 6.16 Å². The summed E-state index contributed by atoms with van der Waals surface area (Å²) in [6.07, 6.45) is 3.39. The van der Waals surface area contributed by atoms with Gasteiger partial charge in [0.2, 0.25) is 0 Å². The SMILES string of the molecule is O=C(O)ON1CCOC2(CCN(C3CC3)CC2)C1. The van der Waals surface area contributed by atoms with Crippen molar-refractivity contribution in [1.29, 1.82) is 0 Å². The van der Waals surface area contributed by atoms with Crippen molar-refractivity contribution in [1.82, 2.24) is 9.96 Å². The Balaban J connectivity index is 1.55. The third kappa shape index (κ3) is 2.60. The highest BCUT2D eigenvalue weighted by atomic mass is 16.8. The zero-order chi connectivity index (χ0) is 12.6. The molecule has 0 bridgehead atoms. The van der Waals surface area contributed by atoms with Gasteiger partial charge >= 0.3 is 6.16 Å². The van der Waals surface area contributed by atoms with Gasteiger partial charge in [-0.1, -0.05) is 0 Å². The van der Waals surface area contributed by atoms with E-state index >= 15 is 0 Å². The molecule has 3 fully saturated rings. The molecule has 102 valence electrons. The molecule has 1 aliphatic carbocycles. The molecular weight excluding hydrogens is 236 g/mol. The molecular formula is C12H20N2O4. The van der Waals surface area contributed by atoms with Crippen molar-refractivity contribution in [2.75, 3.05) is 32.8 Å². The third-order valence-corrected chi connectivity index (χ3v) is 4.19. The summed E-state index contributed by atoms with van der Waals surface area (Å²) in [5, 5.41) is 10.2. The number of piperidine rings is 1. The van der Waals surface area contributed by atoms with Gasteiger partial charge in [-0.05, 0) is 25.7 Å². The average molecular weight is 256 g/mol. The summed E-state index contributed by atoms with van der Waals surface area (Å²) in [6.45, 7) is 3.77. The van der Waals surface area contributed by atoms with Crippen molar-refractivity contribution < 1.29 is 19.5 Å². The molecule has 0 radical (unpaired) electrons. The van der Waals surface area contributed by atoms with Gasteiger partial charge in [0.25, 0.3) is 0 Å². The van der Waals surface area contributed by atoms with Gasteiger partial charge in [0, 0.05) is 19.1 Å². The maximum absolute atomic E-state index is 10.6. The lowest BCUT2D eigenvalue weighted by molar-refractivity contribution is -0.225. The molecule has 3 rings (SSSR count). The third-order valence-electron chi connectivity index (χ3n) is 4.19. The lowest BCUT2D eigenvalue weighted by Gasteiger charge is -2.46. The van der Waals surface area contributed by atoms with Crippen molar-refractivity contribution in [2.45, 2.75) is 37.3 Å². The highest BCUT2D eigenvalue weighted by Crippen LogP contribution is 2.35. The van der Waals surface area contributed by atoms with E-state index in [4.69, 9.17) is 14.7 Å². The molecule has 1 N–H and O–H groups in total. The minimum atomic E-state index is -1.23. The predicted molar refractivity (Wildman–Crippen MR) is 63.2 cm³/mol. The Kier molecular flexibility index (Phi) is 3.17. The van der Waals surface area contributed by atoms with Gasteiger partial charge < -0.3 is 19.6 Å². The highest BCUT2D eigenvalue weighted by Gasteiger charge is 2.43. The zero-order valence-corrected chi connectivity index (χ0v) is 10.5. The number of morpholine rings is 1. The summed E-state index contributed by atoms with van der Waals surface area (Å²) in [6, 6.07) is 0.803. The summed E-state index contributed by atoms with van der Waals surface area (Å²) in [5.41, 5.74) is -0.195. The molecule has 0 amide bonds. The van der Waals surface area contributed by atoms with Crippen LogP contribution in [-0.4, -0.2) is 65.7 Å². The first-order valence-corrected chi connectivity index (χ1v) is 6.71. The van der Waals surface area contributed by atoms with Crippen LogP contribution in [0.15, 0.2) is 0 Å². The molecule has 2 aliphatic heterocycles. The number of ether oxygens (including phenoxy) is 1. The highest BCUT2D eigenvalue weighted by molar-refractivity contribution is 5.56. The van der Waals surface area contributed by atoms with E-state index in [2.05, 4.69) is 4.90 Å². The van der Waals surface area contributed by atoms with Crippen LogP contribution in [0.4, 0.5) is 4.79 Å². The first-order valence-electron chi connectivity index (χ1n) is 6.71. The van der Waals surface area contributed by atoms with Crippen LogP contribution in [0.3, 0.4) is 0 Å². The van der Waals surface area contributed by atoms with E-state index in [0.717, 1.165) is 32.0 Å². The second-order valence-electron chi connectivity index (χ2n) is 5.52. The number of hydrogen-bond acceptors (Lipinski definition) is 5. The Morgan fingerprint density at radius 2 is 2.00 bits per heavy atom. The maximum Gasteiger partial charge on any atom is 0.525 e. The van der Waals surface area contributed by atoms with Gasteiger partial charge in [-0.3, -0.25) is 0 Å². The maximum atomic E-state index is 10.6. The topological polar surface area (TPSA) is 62.2 Å². The molecule has 6 nitrogen and oxygen atoms in total. The summed E-state index contributed by atoms with van der Waals surface area (Å²) < 4.78 is 5.93. The fourth-order valence-electron chi connectivity index (χ4n) is 3.04. The molecule has 1 spiro atoms. The molecule has 1 saturated carbocycles. The van der Waals surface area contributed by atoms with Crippen molar-refractivity contribution in [3.8, 4) is 0 Å². The Morgan fingerprint density at radius 3 is 2.61 bits per heavy atom. The summed E-state index contributed by atoms with van der Waals surface area (Å²) >= 11 is 0. The number of likely N-dealkylation sites (tertiary alicyclic amines) is 1. The molecule has 3 aliphatic rings. The predicted octanol–water partition coefficient (Wildman–Crippen LogP) is 0.925. The molecule has 18 heavy (non-hydrogen) atoms. The monoisotopic (exact) mass is 256 g/mol.